The summed E-state index contributed by atoms with van der Waals surface area (Å²) in [6, 6.07) is 0. The zero-order valence-electron chi connectivity index (χ0n) is 3.99. The van der Waals surface area contributed by atoms with Crippen LogP contribution in [0.15, 0.2) is 0 Å². The summed E-state index contributed by atoms with van der Waals surface area (Å²) in [6.07, 6.45) is 2.44. The average Bonchev–Trinajstić information content (AvgIpc) is 1.41. The quantitative estimate of drug-likeness (QED) is 0.451. The predicted molar refractivity (Wildman–Crippen MR) is 33.4 cm³/mol. The lowest BCUT2D eigenvalue weighted by Gasteiger charge is -1.75. The Balaban J connectivity index is 0. The third-order valence-corrected chi connectivity index (χ3v) is 0.577. The van der Waals surface area contributed by atoms with Crippen LogP contribution in [0.3, 0.4) is 0 Å². The maximum absolute atomic E-state index is 2.25. The predicted octanol–water partition coefficient (Wildman–Crippen LogP) is 2.20. The molecule has 0 saturated carbocycles. The highest BCUT2D eigenvalue weighted by atomic mass is 13.5. The molecule has 6 heavy (non-hydrogen) atoms. The van der Waals surface area contributed by atoms with E-state index in [-0.39, 0.29) is 7.43 Å². The van der Waals surface area contributed by atoms with Crippen LogP contribution >= 0.6 is 0 Å². The van der Waals surface area contributed by atoms with Gasteiger partial charge < -0.3 is 0 Å². The van der Waals surface area contributed by atoms with E-state index in [9.17, 15) is 0 Å². The lowest BCUT2D eigenvalue weighted by atomic mass is 9.73. The molecular weight excluding hydrogens is 70.9 g/mol. The molecule has 0 heterocycles. The van der Waals surface area contributed by atoms with Crippen LogP contribution in [0.1, 0.15) is 21.3 Å². The molecule has 0 aromatic carbocycles. The normalized spacial score (nSPS) is 6.33. The summed E-state index contributed by atoms with van der Waals surface area (Å²) in [7, 11) is 2.25. The largest absolute Gasteiger partial charge is 0.108 e. The van der Waals surface area contributed by atoms with Gasteiger partial charge in [0.1, 0.15) is 7.28 Å². The van der Waals surface area contributed by atoms with Crippen LogP contribution in [-0.4, -0.2) is 7.28 Å². The smallest absolute Gasteiger partial charge is 0.0831 e. The van der Waals surface area contributed by atoms with Crippen molar-refractivity contribution in [3.8, 4) is 0 Å². The molecule has 0 bridgehead atoms. The van der Waals surface area contributed by atoms with Gasteiger partial charge in [-0.05, 0) is 0 Å². The van der Waals surface area contributed by atoms with Crippen molar-refractivity contribution in [1.29, 1.82) is 0 Å². The number of hydrogen-bond acceptors (Lipinski definition) is 0. The van der Waals surface area contributed by atoms with Crippen molar-refractivity contribution >= 4 is 7.28 Å². The maximum atomic E-state index is 2.25. The van der Waals surface area contributed by atoms with E-state index in [0.717, 1.165) is 0 Å². The average molecular weight is 85.0 g/mol. The fourth-order valence-corrected chi connectivity index (χ4v) is 0.289. The third-order valence-electron chi connectivity index (χ3n) is 0.577. The molecule has 0 rings (SSSR count). The van der Waals surface area contributed by atoms with Gasteiger partial charge in [0.2, 0.25) is 0 Å². The molecule has 1 heteroatoms. The first kappa shape index (κ1) is 9.42. The highest BCUT2D eigenvalue weighted by Crippen LogP contribution is 1.77. The van der Waals surface area contributed by atoms with E-state index in [1.54, 1.807) is 0 Å². The van der Waals surface area contributed by atoms with Crippen LogP contribution in [0.4, 0.5) is 0 Å². The standard InChI is InChI=1S/C4H10B.CH4/c1-3-5-4-2;/h3-4H2,1-2H3;1H4. The van der Waals surface area contributed by atoms with Gasteiger partial charge in [-0.2, -0.15) is 0 Å². The molecule has 0 unspecified atom stereocenters. The summed E-state index contributed by atoms with van der Waals surface area (Å²) in [5.74, 6) is 0. The molecule has 0 aliphatic carbocycles. The molecule has 0 spiro atoms. The molecule has 0 aromatic heterocycles. The van der Waals surface area contributed by atoms with E-state index in [0.29, 0.717) is 0 Å². The van der Waals surface area contributed by atoms with Crippen molar-refractivity contribution in [2.75, 3.05) is 0 Å². The molecule has 0 amide bonds. The Morgan fingerprint density at radius 3 is 1.50 bits per heavy atom. The van der Waals surface area contributed by atoms with Gasteiger partial charge in [0.05, 0.1) is 0 Å². The first-order valence-electron chi connectivity index (χ1n) is 2.23. The lowest BCUT2D eigenvalue weighted by Crippen LogP contribution is -1.76. The van der Waals surface area contributed by atoms with Gasteiger partial charge in [-0.15, -0.1) is 0 Å². The van der Waals surface area contributed by atoms with Crippen molar-refractivity contribution in [1.82, 2.24) is 0 Å². The minimum atomic E-state index is 0. The molecule has 0 aromatic rings. The summed E-state index contributed by atoms with van der Waals surface area (Å²) >= 11 is 0. The molecule has 0 nitrogen and oxygen atoms in total. The lowest BCUT2D eigenvalue weighted by molar-refractivity contribution is 1.36. The Bertz CT molecular complexity index is 11.4. The van der Waals surface area contributed by atoms with E-state index >= 15 is 0 Å². The van der Waals surface area contributed by atoms with Gasteiger partial charge in [-0.3, -0.25) is 0 Å². The van der Waals surface area contributed by atoms with E-state index in [4.69, 9.17) is 0 Å². The van der Waals surface area contributed by atoms with Crippen molar-refractivity contribution in [3.63, 3.8) is 0 Å². The van der Waals surface area contributed by atoms with E-state index in [1.807, 2.05) is 0 Å². The molecule has 37 valence electrons. The Labute approximate surface area is 42.2 Å². The molecule has 0 aliphatic heterocycles. The molecule has 0 aliphatic rings. The summed E-state index contributed by atoms with van der Waals surface area (Å²) in [4.78, 5) is 0. The van der Waals surface area contributed by atoms with Gasteiger partial charge in [0.15, 0.2) is 0 Å². The van der Waals surface area contributed by atoms with Crippen LogP contribution < -0.4 is 0 Å². The highest BCUT2D eigenvalue weighted by Gasteiger charge is 1.72. The van der Waals surface area contributed by atoms with Crippen molar-refractivity contribution in [3.05, 3.63) is 0 Å². The van der Waals surface area contributed by atoms with E-state index in [1.165, 1.54) is 12.6 Å². The second kappa shape index (κ2) is 8.91. The summed E-state index contributed by atoms with van der Waals surface area (Å²) in [5, 5.41) is 0. The van der Waals surface area contributed by atoms with Crippen LogP contribution in [0.2, 0.25) is 12.6 Å². The molecular formula is C5H14B. The molecule has 0 N–H and O–H groups in total. The molecule has 0 atom stereocenters. The Kier molecular flexibility index (Phi) is 14.0. The van der Waals surface area contributed by atoms with Crippen molar-refractivity contribution in [2.24, 2.45) is 0 Å². The highest BCUT2D eigenvalue weighted by molar-refractivity contribution is 6.34. The SMILES string of the molecule is C.CC[B]CC. The van der Waals surface area contributed by atoms with E-state index in [2.05, 4.69) is 21.1 Å². The number of rotatable bonds is 2. The van der Waals surface area contributed by atoms with Crippen molar-refractivity contribution in [2.45, 2.75) is 33.9 Å². The minimum Gasteiger partial charge on any atom is -0.0831 e. The zero-order chi connectivity index (χ0) is 4.12. The van der Waals surface area contributed by atoms with Crippen LogP contribution in [-0.2, 0) is 0 Å². The first-order chi connectivity index (χ1) is 2.41. The van der Waals surface area contributed by atoms with Crippen LogP contribution in [0, 0.1) is 0 Å². The van der Waals surface area contributed by atoms with Crippen LogP contribution in [0.25, 0.3) is 0 Å². The van der Waals surface area contributed by atoms with Gasteiger partial charge >= 0.3 is 0 Å². The molecule has 1 radical (unpaired) electrons. The third kappa shape index (κ3) is 8.96. The first-order valence-corrected chi connectivity index (χ1v) is 2.23. The van der Waals surface area contributed by atoms with Gasteiger partial charge in [0.25, 0.3) is 0 Å². The summed E-state index contributed by atoms with van der Waals surface area (Å²) in [5.41, 5.74) is 0. The van der Waals surface area contributed by atoms with Crippen LogP contribution in [0.5, 0.6) is 0 Å². The topological polar surface area (TPSA) is 0 Å². The summed E-state index contributed by atoms with van der Waals surface area (Å²) < 4.78 is 0. The second-order valence-corrected chi connectivity index (χ2v) is 1.11. The van der Waals surface area contributed by atoms with Gasteiger partial charge in [0, 0.05) is 0 Å². The zero-order valence-corrected chi connectivity index (χ0v) is 3.99. The Morgan fingerprint density at radius 1 is 1.17 bits per heavy atom. The monoisotopic (exact) mass is 85.1 g/mol. The minimum absolute atomic E-state index is 0. The summed E-state index contributed by atoms with van der Waals surface area (Å²) in [6.45, 7) is 4.31. The van der Waals surface area contributed by atoms with E-state index < -0.39 is 0 Å². The number of hydrogen-bond donors (Lipinski definition) is 0. The van der Waals surface area contributed by atoms with Gasteiger partial charge in [-0.25, -0.2) is 0 Å². The Hall–Kier alpha value is 0.0649. The maximum Gasteiger partial charge on any atom is 0.108 e. The fraction of sp³-hybridized carbons (Fsp3) is 1.00. The van der Waals surface area contributed by atoms with Gasteiger partial charge in [-0.1, -0.05) is 33.9 Å². The fourth-order valence-electron chi connectivity index (χ4n) is 0.289. The molecule has 0 saturated heterocycles. The van der Waals surface area contributed by atoms with Crippen molar-refractivity contribution < 1.29 is 0 Å². The Morgan fingerprint density at radius 2 is 1.50 bits per heavy atom. The second-order valence-electron chi connectivity index (χ2n) is 1.11. The molecule has 0 fully saturated rings.